The van der Waals surface area contributed by atoms with Gasteiger partial charge in [0.25, 0.3) is 0 Å². The van der Waals surface area contributed by atoms with E-state index in [1.54, 1.807) is 13.0 Å². The van der Waals surface area contributed by atoms with Crippen LogP contribution in [0.4, 0.5) is 5.00 Å². The molecule has 25 heavy (non-hydrogen) atoms. The molecule has 0 radical (unpaired) electrons. The van der Waals surface area contributed by atoms with Gasteiger partial charge in [0, 0.05) is 17.8 Å². The van der Waals surface area contributed by atoms with E-state index >= 15 is 0 Å². The number of aliphatic carboxylic acids is 1. The van der Waals surface area contributed by atoms with Crippen LogP contribution >= 0.6 is 11.3 Å². The molecule has 2 rings (SSSR count). The number of amides is 2. The van der Waals surface area contributed by atoms with E-state index in [0.717, 1.165) is 11.3 Å². The Balaban J connectivity index is 2.18. The molecule has 1 aliphatic rings. The van der Waals surface area contributed by atoms with Crippen molar-refractivity contribution in [1.82, 2.24) is 5.32 Å². The summed E-state index contributed by atoms with van der Waals surface area (Å²) in [5.74, 6) is -4.56. The average Bonchev–Trinajstić information content (AvgIpc) is 2.90. The van der Waals surface area contributed by atoms with Gasteiger partial charge >= 0.3 is 17.8 Å². The minimum Gasteiger partial charge on any atom is -0.478 e. The molecule has 2 heterocycles. The summed E-state index contributed by atoms with van der Waals surface area (Å²) in [6, 6.07) is 0. The van der Waals surface area contributed by atoms with Crippen LogP contribution in [0.5, 0.6) is 0 Å². The van der Waals surface area contributed by atoms with Gasteiger partial charge in [-0.2, -0.15) is 0 Å². The lowest BCUT2D eigenvalue weighted by molar-refractivity contribution is -0.147. The number of thiophene rings is 1. The van der Waals surface area contributed by atoms with E-state index in [2.05, 4.69) is 10.6 Å². The molecule has 134 valence electrons. The molecule has 0 spiro atoms. The van der Waals surface area contributed by atoms with E-state index < -0.39 is 23.9 Å². The van der Waals surface area contributed by atoms with Gasteiger partial charge in [-0.1, -0.05) is 6.08 Å². The fourth-order valence-corrected chi connectivity index (χ4v) is 3.49. The molecular formula is C15H16N2O7S. The molecule has 1 aromatic heterocycles. The van der Waals surface area contributed by atoms with Crippen LogP contribution in [0.15, 0.2) is 12.2 Å². The predicted molar refractivity (Wildman–Crippen MR) is 87.6 cm³/mol. The van der Waals surface area contributed by atoms with Crippen molar-refractivity contribution in [2.45, 2.75) is 26.1 Å². The fourth-order valence-electron chi connectivity index (χ4n) is 2.35. The molecule has 1 aromatic rings. The molecule has 1 atom stereocenters. The molecule has 0 aromatic carbocycles. The van der Waals surface area contributed by atoms with Crippen molar-refractivity contribution in [3.05, 3.63) is 28.2 Å². The summed E-state index contributed by atoms with van der Waals surface area (Å²) in [6.45, 7) is 2.03. The van der Waals surface area contributed by atoms with Crippen molar-refractivity contribution >= 4 is 40.1 Å². The molecule has 0 bridgehead atoms. The van der Waals surface area contributed by atoms with Gasteiger partial charge in [0.1, 0.15) is 5.00 Å². The monoisotopic (exact) mass is 368 g/mol. The maximum absolute atomic E-state index is 11.6. The topological polar surface area (TPSA) is 142 Å². The highest BCUT2D eigenvalue weighted by Gasteiger charge is 2.31. The average molecular weight is 368 g/mol. The number of ether oxygens (including phenoxy) is 1. The van der Waals surface area contributed by atoms with E-state index in [9.17, 15) is 24.3 Å². The van der Waals surface area contributed by atoms with Crippen LogP contribution in [0.1, 0.15) is 27.7 Å². The molecular weight excluding hydrogens is 352 g/mol. The number of hydrogen-bond donors (Lipinski definition) is 4. The summed E-state index contributed by atoms with van der Waals surface area (Å²) in [5.41, 5.74) is 0.345. The van der Waals surface area contributed by atoms with Crippen LogP contribution in [0.2, 0.25) is 0 Å². The first-order chi connectivity index (χ1) is 11.8. The first-order valence-electron chi connectivity index (χ1n) is 7.27. The zero-order chi connectivity index (χ0) is 18.6. The molecule has 1 aliphatic heterocycles. The summed E-state index contributed by atoms with van der Waals surface area (Å²) in [5, 5.41) is 22.8. The fraction of sp³-hybridized carbons (Fsp3) is 0.333. The SMILES string of the molecule is CC=CC(=O)NCC1Cc2c(sc(NC(=O)C(=O)O)c2C(=O)O)CO1. The Bertz CT molecular complexity index is 753. The summed E-state index contributed by atoms with van der Waals surface area (Å²) < 4.78 is 5.58. The molecule has 0 fully saturated rings. The Morgan fingerprint density at radius 1 is 1.32 bits per heavy atom. The van der Waals surface area contributed by atoms with Crippen molar-refractivity contribution < 1.29 is 34.1 Å². The Morgan fingerprint density at radius 2 is 2.04 bits per heavy atom. The molecule has 9 nitrogen and oxygen atoms in total. The summed E-state index contributed by atoms with van der Waals surface area (Å²) in [4.78, 5) is 45.6. The number of allylic oxidation sites excluding steroid dienone is 1. The van der Waals surface area contributed by atoms with Gasteiger partial charge < -0.3 is 25.6 Å². The lowest BCUT2D eigenvalue weighted by Gasteiger charge is -2.23. The second-order valence-corrected chi connectivity index (χ2v) is 6.26. The zero-order valence-corrected chi connectivity index (χ0v) is 14.0. The largest absolute Gasteiger partial charge is 0.478 e. The van der Waals surface area contributed by atoms with E-state index in [-0.39, 0.29) is 36.0 Å². The molecule has 4 N–H and O–H groups in total. The zero-order valence-electron chi connectivity index (χ0n) is 13.2. The van der Waals surface area contributed by atoms with Gasteiger partial charge in [-0.05, 0) is 18.6 Å². The molecule has 0 saturated heterocycles. The number of hydrogen-bond acceptors (Lipinski definition) is 6. The van der Waals surface area contributed by atoms with E-state index in [1.165, 1.54) is 6.08 Å². The van der Waals surface area contributed by atoms with Crippen molar-refractivity contribution in [2.75, 3.05) is 11.9 Å². The number of carbonyl (C=O) groups is 4. The van der Waals surface area contributed by atoms with Gasteiger partial charge in [-0.15, -0.1) is 11.3 Å². The number of nitrogens with one attached hydrogen (secondary N) is 2. The first kappa shape index (κ1) is 18.6. The van der Waals surface area contributed by atoms with Gasteiger partial charge in [0.15, 0.2) is 0 Å². The smallest absolute Gasteiger partial charge is 0.394 e. The van der Waals surface area contributed by atoms with Crippen molar-refractivity contribution in [2.24, 2.45) is 0 Å². The Labute approximate surface area is 146 Å². The van der Waals surface area contributed by atoms with Crippen molar-refractivity contribution in [1.29, 1.82) is 0 Å². The maximum Gasteiger partial charge on any atom is 0.394 e. The molecule has 1 unspecified atom stereocenters. The number of fused-ring (bicyclic) bond motifs is 1. The van der Waals surface area contributed by atoms with Crippen molar-refractivity contribution in [3.63, 3.8) is 0 Å². The molecule has 0 saturated carbocycles. The van der Waals surface area contributed by atoms with E-state index in [4.69, 9.17) is 9.84 Å². The minimum absolute atomic E-state index is 0.0351. The predicted octanol–water partition coefficient (Wildman–Crippen LogP) is 0.603. The van der Waals surface area contributed by atoms with Gasteiger partial charge in [-0.25, -0.2) is 9.59 Å². The van der Waals surface area contributed by atoms with Crippen LogP contribution in [-0.2, 0) is 32.1 Å². The highest BCUT2D eigenvalue weighted by Crippen LogP contribution is 2.37. The molecule has 2 amide bonds. The first-order valence-corrected chi connectivity index (χ1v) is 8.09. The Hall–Kier alpha value is -2.72. The number of anilines is 1. The third-order valence-electron chi connectivity index (χ3n) is 3.43. The quantitative estimate of drug-likeness (QED) is 0.440. The van der Waals surface area contributed by atoms with Gasteiger partial charge in [0.05, 0.1) is 18.3 Å². The normalized spacial score (nSPS) is 16.3. The van der Waals surface area contributed by atoms with Crippen LogP contribution in [-0.4, -0.2) is 46.6 Å². The minimum atomic E-state index is -1.71. The van der Waals surface area contributed by atoms with Crippen LogP contribution < -0.4 is 10.6 Å². The highest BCUT2D eigenvalue weighted by atomic mass is 32.1. The second-order valence-electron chi connectivity index (χ2n) is 5.15. The lowest BCUT2D eigenvalue weighted by atomic mass is 10.0. The third-order valence-corrected chi connectivity index (χ3v) is 4.55. The highest BCUT2D eigenvalue weighted by molar-refractivity contribution is 7.17. The van der Waals surface area contributed by atoms with Gasteiger partial charge in [-0.3, -0.25) is 9.59 Å². The summed E-state index contributed by atoms with van der Waals surface area (Å²) >= 11 is 0.971. The second kappa shape index (κ2) is 7.90. The number of carboxylic acid groups (broad SMARTS) is 2. The van der Waals surface area contributed by atoms with Crippen LogP contribution in [0.3, 0.4) is 0 Å². The van der Waals surface area contributed by atoms with E-state index in [1.807, 2.05) is 0 Å². The summed E-state index contributed by atoms with van der Waals surface area (Å²) in [6.07, 6.45) is 2.76. The maximum atomic E-state index is 11.6. The standard InChI is InChI=1S/C15H16N2O7S/c1-2-3-10(18)16-5-7-4-8-9(6-24-7)25-13(11(8)14(20)21)17-12(19)15(22)23/h2-3,7H,4-6H2,1H3,(H,16,18)(H,17,19)(H,20,21)(H,22,23). The summed E-state index contributed by atoms with van der Waals surface area (Å²) in [7, 11) is 0. The molecule has 0 aliphatic carbocycles. The van der Waals surface area contributed by atoms with Gasteiger partial charge in [0.2, 0.25) is 5.91 Å². The molecule has 10 heteroatoms. The number of carboxylic acids is 2. The van der Waals surface area contributed by atoms with Crippen LogP contribution in [0, 0.1) is 0 Å². The Kier molecular flexibility index (Phi) is 5.88. The van der Waals surface area contributed by atoms with E-state index in [0.29, 0.717) is 10.4 Å². The van der Waals surface area contributed by atoms with Crippen LogP contribution in [0.25, 0.3) is 0 Å². The lowest BCUT2D eigenvalue weighted by Crippen LogP contribution is -2.36. The Morgan fingerprint density at radius 3 is 2.64 bits per heavy atom. The third kappa shape index (κ3) is 4.43. The van der Waals surface area contributed by atoms with Crippen molar-refractivity contribution in [3.8, 4) is 0 Å². The number of rotatable bonds is 5. The number of carbonyl (C=O) groups excluding carboxylic acids is 2. The number of aromatic carboxylic acids is 1.